The summed E-state index contributed by atoms with van der Waals surface area (Å²) in [4.78, 5) is 2.03. The van der Waals surface area contributed by atoms with Gasteiger partial charge in [-0.1, -0.05) is 12.1 Å². The molecule has 0 aromatic heterocycles. The Morgan fingerprint density at radius 2 is 2.11 bits per heavy atom. The molecule has 2 N–H and O–H groups in total. The van der Waals surface area contributed by atoms with Crippen LogP contribution in [-0.4, -0.2) is 24.0 Å². The zero-order valence-corrected chi connectivity index (χ0v) is 11.1. The molecule has 98 valence electrons. The summed E-state index contributed by atoms with van der Waals surface area (Å²) in [6.07, 6.45) is 0.426. The Labute approximate surface area is 108 Å². The molecule has 0 fully saturated rings. The lowest BCUT2D eigenvalue weighted by Gasteiger charge is -2.35. The molecule has 0 radical (unpaired) electrons. The predicted octanol–water partition coefficient (Wildman–Crippen LogP) is 2.45. The van der Waals surface area contributed by atoms with Crippen molar-refractivity contribution < 1.29 is 4.39 Å². The van der Waals surface area contributed by atoms with Gasteiger partial charge in [0.05, 0.1) is 12.5 Å². The van der Waals surface area contributed by atoms with Crippen LogP contribution in [0.3, 0.4) is 0 Å². The van der Waals surface area contributed by atoms with Crippen molar-refractivity contribution in [2.45, 2.75) is 38.4 Å². The minimum absolute atomic E-state index is 0.0780. The van der Waals surface area contributed by atoms with Crippen LogP contribution in [0.25, 0.3) is 0 Å². The van der Waals surface area contributed by atoms with Gasteiger partial charge in [0, 0.05) is 18.1 Å². The highest BCUT2D eigenvalue weighted by atomic mass is 19.1. The molecule has 0 saturated carbocycles. The first-order chi connectivity index (χ1) is 8.47. The molecule has 1 aromatic rings. The van der Waals surface area contributed by atoms with E-state index in [1.165, 1.54) is 12.1 Å². The van der Waals surface area contributed by atoms with Gasteiger partial charge in [-0.3, -0.25) is 4.90 Å². The summed E-state index contributed by atoms with van der Waals surface area (Å²) >= 11 is 0. The summed E-state index contributed by atoms with van der Waals surface area (Å²) in [5, 5.41) is 8.75. The van der Waals surface area contributed by atoms with Crippen LogP contribution in [0.2, 0.25) is 0 Å². The van der Waals surface area contributed by atoms with E-state index in [0.29, 0.717) is 6.42 Å². The van der Waals surface area contributed by atoms with E-state index >= 15 is 0 Å². The molecule has 3 unspecified atom stereocenters. The first-order valence-corrected chi connectivity index (χ1v) is 6.07. The second kappa shape index (κ2) is 6.48. The van der Waals surface area contributed by atoms with Crippen molar-refractivity contribution in [1.82, 2.24) is 4.90 Å². The van der Waals surface area contributed by atoms with Gasteiger partial charge in [-0.05, 0) is 38.6 Å². The van der Waals surface area contributed by atoms with E-state index in [1.54, 1.807) is 6.07 Å². The number of likely N-dealkylation sites (N-methyl/N-ethyl adjacent to an activating group) is 1. The van der Waals surface area contributed by atoms with Crippen molar-refractivity contribution in [3.63, 3.8) is 0 Å². The normalized spacial score (nSPS) is 16.1. The van der Waals surface area contributed by atoms with Crippen LogP contribution < -0.4 is 5.73 Å². The number of nitriles is 1. The molecule has 0 aliphatic heterocycles. The zero-order valence-electron chi connectivity index (χ0n) is 11.1. The van der Waals surface area contributed by atoms with Crippen LogP contribution in [0.4, 0.5) is 4.39 Å². The molecule has 3 nitrogen and oxygen atoms in total. The summed E-state index contributed by atoms with van der Waals surface area (Å²) in [5.41, 5.74) is 6.85. The Morgan fingerprint density at radius 1 is 1.44 bits per heavy atom. The van der Waals surface area contributed by atoms with E-state index in [4.69, 9.17) is 11.0 Å². The molecule has 0 spiro atoms. The molecular formula is C14H20FN3. The average Bonchev–Trinajstić information content (AvgIpc) is 2.29. The summed E-state index contributed by atoms with van der Waals surface area (Å²) in [6.45, 7) is 3.86. The van der Waals surface area contributed by atoms with Gasteiger partial charge in [0.1, 0.15) is 5.82 Å². The van der Waals surface area contributed by atoms with Crippen molar-refractivity contribution >= 4 is 0 Å². The summed E-state index contributed by atoms with van der Waals surface area (Å²) in [7, 11) is 1.92. The maximum atomic E-state index is 13.3. The standard InChI is InChI=1S/C14H20FN3/c1-10(7-8-16)18(3)14(11(2)17)12-5-4-6-13(15)9-12/h4-6,9-11,14H,7,17H2,1-3H3. The third-order valence-electron chi connectivity index (χ3n) is 3.21. The quantitative estimate of drug-likeness (QED) is 0.872. The van der Waals surface area contributed by atoms with E-state index in [1.807, 2.05) is 31.9 Å². The van der Waals surface area contributed by atoms with Gasteiger partial charge >= 0.3 is 0 Å². The van der Waals surface area contributed by atoms with Crippen molar-refractivity contribution in [2.24, 2.45) is 5.73 Å². The van der Waals surface area contributed by atoms with Crippen LogP contribution in [0.5, 0.6) is 0 Å². The van der Waals surface area contributed by atoms with Crippen molar-refractivity contribution in [3.8, 4) is 6.07 Å². The van der Waals surface area contributed by atoms with Crippen molar-refractivity contribution in [2.75, 3.05) is 7.05 Å². The molecule has 0 aliphatic carbocycles. The molecule has 0 heterocycles. The summed E-state index contributed by atoms with van der Waals surface area (Å²) < 4.78 is 13.3. The highest BCUT2D eigenvalue weighted by Gasteiger charge is 2.24. The minimum Gasteiger partial charge on any atom is -0.326 e. The second-order valence-electron chi connectivity index (χ2n) is 4.74. The highest BCUT2D eigenvalue weighted by molar-refractivity contribution is 5.22. The summed E-state index contributed by atoms with van der Waals surface area (Å²) in [5.74, 6) is -0.264. The first-order valence-electron chi connectivity index (χ1n) is 6.07. The number of nitrogens with two attached hydrogens (primary N) is 1. The molecule has 1 rings (SSSR count). The average molecular weight is 249 g/mol. The number of hydrogen-bond donors (Lipinski definition) is 1. The number of benzene rings is 1. The van der Waals surface area contributed by atoms with Crippen LogP contribution in [-0.2, 0) is 0 Å². The molecule has 4 heteroatoms. The fourth-order valence-electron chi connectivity index (χ4n) is 2.15. The largest absolute Gasteiger partial charge is 0.326 e. The fourth-order valence-corrected chi connectivity index (χ4v) is 2.15. The number of hydrogen-bond acceptors (Lipinski definition) is 3. The molecule has 0 amide bonds. The van der Waals surface area contributed by atoms with Crippen molar-refractivity contribution in [3.05, 3.63) is 35.6 Å². The van der Waals surface area contributed by atoms with Gasteiger partial charge in [0.15, 0.2) is 0 Å². The predicted molar refractivity (Wildman–Crippen MR) is 70.2 cm³/mol. The molecule has 18 heavy (non-hydrogen) atoms. The van der Waals surface area contributed by atoms with Crippen LogP contribution in [0.1, 0.15) is 31.9 Å². The maximum absolute atomic E-state index is 13.3. The van der Waals surface area contributed by atoms with Gasteiger partial charge in [-0.25, -0.2) is 4.39 Å². The van der Waals surface area contributed by atoms with E-state index in [-0.39, 0.29) is 23.9 Å². The lowest BCUT2D eigenvalue weighted by Crippen LogP contribution is -2.41. The molecule has 0 bridgehead atoms. The minimum atomic E-state index is -0.264. The Bertz CT molecular complexity index is 425. The number of nitrogens with zero attached hydrogens (tertiary/aromatic N) is 2. The fraction of sp³-hybridized carbons (Fsp3) is 0.500. The Balaban J connectivity index is 3.00. The smallest absolute Gasteiger partial charge is 0.123 e. The molecule has 0 aliphatic rings. The van der Waals surface area contributed by atoms with E-state index in [0.717, 1.165) is 5.56 Å². The Morgan fingerprint density at radius 3 is 2.61 bits per heavy atom. The maximum Gasteiger partial charge on any atom is 0.123 e. The van der Waals surface area contributed by atoms with Crippen LogP contribution >= 0.6 is 0 Å². The lowest BCUT2D eigenvalue weighted by atomic mass is 9.97. The molecule has 3 atom stereocenters. The van der Waals surface area contributed by atoms with Gasteiger partial charge in [0.25, 0.3) is 0 Å². The first kappa shape index (κ1) is 14.6. The Kier molecular flexibility index (Phi) is 5.26. The highest BCUT2D eigenvalue weighted by Crippen LogP contribution is 2.25. The van der Waals surface area contributed by atoms with Crippen molar-refractivity contribution in [1.29, 1.82) is 5.26 Å². The molecule has 1 aromatic carbocycles. The van der Waals surface area contributed by atoms with Gasteiger partial charge < -0.3 is 5.73 Å². The SMILES string of the molecule is CC(N)C(c1cccc(F)c1)N(C)C(C)CC#N. The van der Waals surface area contributed by atoms with Gasteiger partial charge in [-0.2, -0.15) is 5.26 Å². The summed E-state index contributed by atoms with van der Waals surface area (Å²) in [6, 6.07) is 8.46. The monoisotopic (exact) mass is 249 g/mol. The number of rotatable bonds is 5. The van der Waals surface area contributed by atoms with E-state index in [9.17, 15) is 4.39 Å². The van der Waals surface area contributed by atoms with Crippen LogP contribution in [0.15, 0.2) is 24.3 Å². The Hall–Kier alpha value is -1.44. The van der Waals surface area contributed by atoms with Gasteiger partial charge in [0.2, 0.25) is 0 Å². The molecule has 0 saturated heterocycles. The second-order valence-corrected chi connectivity index (χ2v) is 4.74. The third-order valence-corrected chi connectivity index (χ3v) is 3.21. The lowest BCUT2D eigenvalue weighted by molar-refractivity contribution is 0.166. The van der Waals surface area contributed by atoms with Gasteiger partial charge in [-0.15, -0.1) is 0 Å². The van der Waals surface area contributed by atoms with Crippen LogP contribution in [0, 0.1) is 17.1 Å². The topological polar surface area (TPSA) is 53.0 Å². The van der Waals surface area contributed by atoms with E-state index in [2.05, 4.69) is 6.07 Å². The molecular weight excluding hydrogens is 229 g/mol. The van der Waals surface area contributed by atoms with E-state index < -0.39 is 0 Å². The third kappa shape index (κ3) is 3.52. The zero-order chi connectivity index (χ0) is 13.7. The number of halogens is 1.